The number of aromatic nitrogens is 2. The van der Waals surface area contributed by atoms with Crippen LogP contribution in [0.5, 0.6) is 0 Å². The summed E-state index contributed by atoms with van der Waals surface area (Å²) < 4.78 is 2.08. The number of rotatable bonds is 5. The van der Waals surface area contributed by atoms with E-state index < -0.39 is 0 Å². The van der Waals surface area contributed by atoms with E-state index in [2.05, 4.69) is 45.8 Å². The maximum Gasteiger partial charge on any atom is 0.193 e. The van der Waals surface area contributed by atoms with Crippen molar-refractivity contribution in [1.29, 1.82) is 0 Å². The molecule has 0 saturated heterocycles. The van der Waals surface area contributed by atoms with E-state index in [0.717, 1.165) is 29.4 Å². The zero-order chi connectivity index (χ0) is 14.8. The molecule has 0 bridgehead atoms. The summed E-state index contributed by atoms with van der Waals surface area (Å²) in [6.45, 7) is 6.16. The molecule has 21 heavy (non-hydrogen) atoms. The summed E-state index contributed by atoms with van der Waals surface area (Å²) in [6, 6.07) is 8.55. The SMILES string of the molecule is CC(C)N(Cc1cccc(N)c1)Cc1cn2ccsc2n1. The van der Waals surface area contributed by atoms with Gasteiger partial charge in [-0.15, -0.1) is 11.3 Å². The smallest absolute Gasteiger partial charge is 0.193 e. The monoisotopic (exact) mass is 300 g/mol. The predicted octanol–water partition coefficient (Wildman–Crippen LogP) is 3.39. The van der Waals surface area contributed by atoms with Crippen LogP contribution in [0.3, 0.4) is 0 Å². The Balaban J connectivity index is 1.76. The maximum absolute atomic E-state index is 5.87. The van der Waals surface area contributed by atoms with Gasteiger partial charge in [0.1, 0.15) is 0 Å². The van der Waals surface area contributed by atoms with Crippen LogP contribution < -0.4 is 5.73 Å². The molecule has 2 heterocycles. The molecule has 0 spiro atoms. The van der Waals surface area contributed by atoms with Crippen molar-refractivity contribution < 1.29 is 0 Å². The Hall–Kier alpha value is -1.85. The molecule has 3 rings (SSSR count). The van der Waals surface area contributed by atoms with Gasteiger partial charge in [0, 0.05) is 42.6 Å². The number of hydrogen-bond donors (Lipinski definition) is 1. The lowest BCUT2D eigenvalue weighted by Crippen LogP contribution is -2.30. The van der Waals surface area contributed by atoms with E-state index in [0.29, 0.717) is 6.04 Å². The van der Waals surface area contributed by atoms with E-state index in [1.807, 2.05) is 24.4 Å². The summed E-state index contributed by atoms with van der Waals surface area (Å²) in [7, 11) is 0. The van der Waals surface area contributed by atoms with Gasteiger partial charge in [0.2, 0.25) is 0 Å². The first-order valence-electron chi connectivity index (χ1n) is 7.11. The van der Waals surface area contributed by atoms with Crippen LogP contribution in [0.1, 0.15) is 25.1 Å². The van der Waals surface area contributed by atoms with Gasteiger partial charge >= 0.3 is 0 Å². The normalized spacial score (nSPS) is 11.8. The molecule has 0 aliphatic heterocycles. The number of benzene rings is 1. The van der Waals surface area contributed by atoms with Crippen molar-refractivity contribution >= 4 is 22.0 Å². The molecule has 0 saturated carbocycles. The van der Waals surface area contributed by atoms with Crippen LogP contribution in [0.2, 0.25) is 0 Å². The lowest BCUT2D eigenvalue weighted by molar-refractivity contribution is 0.201. The number of fused-ring (bicyclic) bond motifs is 1. The Bertz CT molecular complexity index is 700. The molecule has 0 aliphatic rings. The molecule has 110 valence electrons. The van der Waals surface area contributed by atoms with Crippen LogP contribution in [-0.4, -0.2) is 20.3 Å². The number of nitrogens with two attached hydrogens (primary N) is 1. The maximum atomic E-state index is 5.87. The first-order valence-corrected chi connectivity index (χ1v) is 7.99. The average Bonchev–Trinajstić information content (AvgIpc) is 2.98. The van der Waals surface area contributed by atoms with Crippen molar-refractivity contribution in [2.24, 2.45) is 0 Å². The highest BCUT2D eigenvalue weighted by Crippen LogP contribution is 2.17. The topological polar surface area (TPSA) is 46.6 Å². The molecule has 1 aromatic carbocycles. The number of anilines is 1. The Morgan fingerprint density at radius 1 is 1.33 bits per heavy atom. The minimum absolute atomic E-state index is 0.450. The molecular weight excluding hydrogens is 280 g/mol. The van der Waals surface area contributed by atoms with E-state index in [-0.39, 0.29) is 0 Å². The second kappa shape index (κ2) is 5.87. The third-order valence-corrected chi connectivity index (χ3v) is 4.35. The molecule has 0 atom stereocenters. The molecule has 0 aliphatic carbocycles. The zero-order valence-corrected chi connectivity index (χ0v) is 13.2. The number of nitrogens with zero attached hydrogens (tertiary/aromatic N) is 3. The first kappa shape index (κ1) is 14.1. The predicted molar refractivity (Wildman–Crippen MR) is 88.3 cm³/mol. The van der Waals surface area contributed by atoms with Gasteiger partial charge < -0.3 is 5.73 Å². The van der Waals surface area contributed by atoms with Crippen LogP contribution in [-0.2, 0) is 13.1 Å². The highest BCUT2D eigenvalue weighted by molar-refractivity contribution is 7.15. The van der Waals surface area contributed by atoms with Crippen LogP contribution in [0.4, 0.5) is 5.69 Å². The van der Waals surface area contributed by atoms with Crippen molar-refractivity contribution in [2.75, 3.05) is 5.73 Å². The van der Waals surface area contributed by atoms with Crippen molar-refractivity contribution in [1.82, 2.24) is 14.3 Å². The Labute approximate surface area is 128 Å². The number of nitrogen functional groups attached to an aromatic ring is 1. The van der Waals surface area contributed by atoms with Crippen molar-refractivity contribution in [3.63, 3.8) is 0 Å². The number of thiazole rings is 1. The largest absolute Gasteiger partial charge is 0.399 e. The fourth-order valence-corrected chi connectivity index (χ4v) is 3.13. The third kappa shape index (κ3) is 3.25. The fraction of sp³-hybridized carbons (Fsp3) is 0.312. The van der Waals surface area contributed by atoms with Crippen LogP contribution in [0.25, 0.3) is 4.96 Å². The van der Waals surface area contributed by atoms with E-state index in [1.54, 1.807) is 11.3 Å². The van der Waals surface area contributed by atoms with Gasteiger partial charge in [-0.25, -0.2) is 4.98 Å². The van der Waals surface area contributed by atoms with E-state index in [9.17, 15) is 0 Å². The zero-order valence-electron chi connectivity index (χ0n) is 12.4. The lowest BCUT2D eigenvalue weighted by atomic mass is 10.1. The second-order valence-corrected chi connectivity index (χ2v) is 6.44. The molecule has 2 aromatic heterocycles. The Kier molecular flexibility index (Phi) is 3.94. The molecule has 0 fully saturated rings. The minimum atomic E-state index is 0.450. The van der Waals surface area contributed by atoms with Gasteiger partial charge in [0.15, 0.2) is 4.96 Å². The molecule has 0 amide bonds. The summed E-state index contributed by atoms with van der Waals surface area (Å²) in [5, 5.41) is 2.05. The molecule has 5 heteroatoms. The van der Waals surface area contributed by atoms with E-state index in [4.69, 9.17) is 5.73 Å². The Morgan fingerprint density at radius 3 is 2.90 bits per heavy atom. The van der Waals surface area contributed by atoms with Crippen molar-refractivity contribution in [3.8, 4) is 0 Å². The summed E-state index contributed by atoms with van der Waals surface area (Å²) >= 11 is 1.67. The quantitative estimate of drug-likeness (QED) is 0.735. The van der Waals surface area contributed by atoms with Crippen molar-refractivity contribution in [2.45, 2.75) is 33.0 Å². The third-order valence-electron chi connectivity index (χ3n) is 3.58. The van der Waals surface area contributed by atoms with Gasteiger partial charge in [-0.3, -0.25) is 9.30 Å². The average molecular weight is 300 g/mol. The number of hydrogen-bond acceptors (Lipinski definition) is 4. The van der Waals surface area contributed by atoms with Gasteiger partial charge in [-0.05, 0) is 31.5 Å². The molecule has 2 N–H and O–H groups in total. The molecule has 4 nitrogen and oxygen atoms in total. The Morgan fingerprint density at radius 2 is 2.19 bits per heavy atom. The van der Waals surface area contributed by atoms with Gasteiger partial charge in [0.25, 0.3) is 0 Å². The van der Waals surface area contributed by atoms with E-state index in [1.165, 1.54) is 5.56 Å². The number of imidazole rings is 1. The summed E-state index contributed by atoms with van der Waals surface area (Å²) in [5.41, 5.74) is 9.04. The van der Waals surface area contributed by atoms with Gasteiger partial charge in [-0.2, -0.15) is 0 Å². The van der Waals surface area contributed by atoms with Crippen LogP contribution >= 0.6 is 11.3 Å². The second-order valence-electron chi connectivity index (χ2n) is 5.57. The summed E-state index contributed by atoms with van der Waals surface area (Å²) in [6.07, 6.45) is 4.16. The van der Waals surface area contributed by atoms with E-state index >= 15 is 0 Å². The van der Waals surface area contributed by atoms with Gasteiger partial charge in [-0.1, -0.05) is 12.1 Å². The molecule has 3 aromatic rings. The highest BCUT2D eigenvalue weighted by atomic mass is 32.1. The summed E-state index contributed by atoms with van der Waals surface area (Å²) in [4.78, 5) is 8.13. The lowest BCUT2D eigenvalue weighted by Gasteiger charge is -2.25. The van der Waals surface area contributed by atoms with Crippen LogP contribution in [0, 0.1) is 0 Å². The highest BCUT2D eigenvalue weighted by Gasteiger charge is 2.13. The standard InChI is InChI=1S/C16H20N4S/c1-12(2)20(9-13-4-3-5-14(17)8-13)11-15-10-19-6-7-21-16(19)18-15/h3-8,10,12H,9,11,17H2,1-2H3. The summed E-state index contributed by atoms with van der Waals surface area (Å²) in [5.74, 6) is 0. The molecule has 0 unspecified atom stereocenters. The van der Waals surface area contributed by atoms with Gasteiger partial charge in [0.05, 0.1) is 5.69 Å². The minimum Gasteiger partial charge on any atom is -0.399 e. The van der Waals surface area contributed by atoms with Crippen molar-refractivity contribution in [3.05, 3.63) is 53.3 Å². The fourth-order valence-electron chi connectivity index (χ4n) is 2.41. The molecular formula is C16H20N4S. The molecule has 0 radical (unpaired) electrons. The van der Waals surface area contributed by atoms with Crippen LogP contribution in [0.15, 0.2) is 42.0 Å². The first-order chi connectivity index (χ1) is 10.1.